The van der Waals surface area contributed by atoms with Crippen molar-refractivity contribution in [2.24, 2.45) is 0 Å². The zero-order valence-electron chi connectivity index (χ0n) is 44.6. The van der Waals surface area contributed by atoms with Gasteiger partial charge in [0.05, 0.1) is 25.4 Å². The Labute approximate surface area is 427 Å². The molecule has 1 rings (SSSR count). The van der Waals surface area contributed by atoms with Gasteiger partial charge in [0, 0.05) is 6.42 Å². The van der Waals surface area contributed by atoms with Crippen molar-refractivity contribution in [3.8, 4) is 0 Å². The molecule has 1 saturated heterocycles. The molecule has 0 aromatic heterocycles. The Balaban J connectivity index is 2.76. The summed E-state index contributed by atoms with van der Waals surface area (Å²) in [6, 6.07) is -1.04. The van der Waals surface area contributed by atoms with Crippen molar-refractivity contribution in [1.82, 2.24) is 5.32 Å². The molecule has 1 heterocycles. The summed E-state index contributed by atoms with van der Waals surface area (Å²) in [6.07, 6.45) is 46.9. The summed E-state index contributed by atoms with van der Waals surface area (Å²) in [4.78, 5) is 26.4. The topological polar surface area (TPSA) is 175 Å². The van der Waals surface area contributed by atoms with E-state index in [1.165, 1.54) is 109 Å². The highest BCUT2D eigenvalue weighted by atomic mass is 16.7. The fourth-order valence-electron chi connectivity index (χ4n) is 8.53. The van der Waals surface area contributed by atoms with Gasteiger partial charge in [0.15, 0.2) is 12.4 Å². The largest absolute Gasteiger partial charge is 0.454 e. The zero-order chi connectivity index (χ0) is 51.1. The van der Waals surface area contributed by atoms with Crippen LogP contribution < -0.4 is 5.32 Å². The molecule has 6 N–H and O–H groups in total. The predicted octanol–water partition coefficient (Wildman–Crippen LogP) is 12.7. The molecule has 11 nitrogen and oxygen atoms in total. The minimum Gasteiger partial charge on any atom is -0.454 e. The van der Waals surface area contributed by atoms with Crippen LogP contribution in [-0.4, -0.2) is 99.6 Å². The summed E-state index contributed by atoms with van der Waals surface area (Å²) in [5.41, 5.74) is 0. The van der Waals surface area contributed by atoms with Crippen molar-refractivity contribution in [3.63, 3.8) is 0 Å². The van der Waals surface area contributed by atoms with Crippen LogP contribution in [0.4, 0.5) is 0 Å². The monoisotopic (exact) mass is 988 g/mol. The van der Waals surface area contributed by atoms with Gasteiger partial charge in [-0.1, -0.05) is 204 Å². The third-order valence-electron chi connectivity index (χ3n) is 13.1. The number of allylic oxidation sites excluding steroid dienone is 9. The molecule has 1 fully saturated rings. The lowest BCUT2D eigenvalue weighted by molar-refractivity contribution is -0.305. The van der Waals surface area contributed by atoms with Crippen molar-refractivity contribution in [2.45, 2.75) is 288 Å². The van der Waals surface area contributed by atoms with Crippen LogP contribution in [0, 0.1) is 0 Å². The number of hydrogen-bond donors (Lipinski definition) is 6. The van der Waals surface area contributed by atoms with Crippen molar-refractivity contribution >= 4 is 11.9 Å². The SMILES string of the molecule is CCCCC/C=C\C/C=C\C/C=C\CCCCCC(O)C(=O)NC(COC1OC(CO)C(O)C(O)C1OC(=O)CCCCC/C=C\CCCCCCCCC)C(O)/C=C/CCCCCCCCCCC. The van der Waals surface area contributed by atoms with Gasteiger partial charge in [-0.3, -0.25) is 9.59 Å². The zero-order valence-corrected chi connectivity index (χ0v) is 44.6. The molecule has 11 heteroatoms. The molecule has 8 unspecified atom stereocenters. The van der Waals surface area contributed by atoms with E-state index in [1.807, 2.05) is 6.08 Å². The Kier molecular flexibility index (Phi) is 44.2. The summed E-state index contributed by atoms with van der Waals surface area (Å²) in [7, 11) is 0. The van der Waals surface area contributed by atoms with Crippen LogP contribution in [0.2, 0.25) is 0 Å². The number of aliphatic hydroxyl groups is 5. The van der Waals surface area contributed by atoms with E-state index in [2.05, 4.69) is 74.7 Å². The molecule has 1 aliphatic rings. The number of carbonyl (C=O) groups excluding carboxylic acids is 2. The number of esters is 1. The number of carbonyl (C=O) groups is 2. The number of unbranched alkanes of at least 4 members (excludes halogenated alkanes) is 25. The second-order valence-electron chi connectivity index (χ2n) is 19.7. The molecule has 0 spiro atoms. The molecule has 70 heavy (non-hydrogen) atoms. The maximum atomic E-state index is 13.4. The van der Waals surface area contributed by atoms with Crippen molar-refractivity contribution < 1.29 is 49.3 Å². The minimum absolute atomic E-state index is 0.0993. The van der Waals surface area contributed by atoms with Gasteiger partial charge in [0.2, 0.25) is 5.91 Å². The van der Waals surface area contributed by atoms with E-state index >= 15 is 0 Å². The van der Waals surface area contributed by atoms with E-state index in [-0.39, 0.29) is 19.4 Å². The third kappa shape index (κ3) is 35.5. The van der Waals surface area contributed by atoms with E-state index < -0.39 is 67.4 Å². The highest BCUT2D eigenvalue weighted by Crippen LogP contribution is 2.26. The lowest BCUT2D eigenvalue weighted by Crippen LogP contribution is -2.61. The fourth-order valence-corrected chi connectivity index (χ4v) is 8.53. The molecule has 0 aromatic carbocycles. The molecular formula is C59H105NO10. The molecule has 0 saturated carbocycles. The highest BCUT2D eigenvalue weighted by molar-refractivity contribution is 5.80. The van der Waals surface area contributed by atoms with Crippen molar-refractivity contribution in [1.29, 1.82) is 0 Å². The van der Waals surface area contributed by atoms with Crippen molar-refractivity contribution in [3.05, 3.63) is 60.8 Å². The number of aliphatic hydroxyl groups excluding tert-OH is 5. The van der Waals surface area contributed by atoms with E-state index in [9.17, 15) is 35.1 Å². The maximum absolute atomic E-state index is 13.4. The Bertz CT molecular complexity index is 1370. The molecule has 1 aliphatic heterocycles. The molecule has 0 aromatic rings. The average molecular weight is 988 g/mol. The summed E-state index contributed by atoms with van der Waals surface area (Å²) in [5.74, 6) is -1.24. The predicted molar refractivity (Wildman–Crippen MR) is 287 cm³/mol. The molecule has 0 radical (unpaired) electrons. The maximum Gasteiger partial charge on any atom is 0.306 e. The standard InChI is InChI=1S/C59H105NO10/c1-4-7-10-13-16-19-22-24-26-27-28-31-34-37-40-43-46-52(63)58(67)60-50(51(62)45-42-39-36-33-30-21-18-15-12-9-6-3)49-68-59-57(56(66)55(65)53(48-61)69-59)70-54(64)47-44-41-38-35-32-29-25-23-20-17-14-11-8-5-2/h16,19,24,26,28-29,31-32,42,45,50-53,55-57,59,61-63,65-66H,4-15,17-18,20-23,25,27,30,33-41,43-44,46-49H2,1-3H3,(H,60,67)/b19-16-,26-24-,31-28-,32-29-,45-42+. The van der Waals surface area contributed by atoms with E-state index in [0.717, 1.165) is 83.5 Å². The first kappa shape index (κ1) is 65.4. The number of ether oxygens (including phenoxy) is 3. The lowest BCUT2D eigenvalue weighted by Gasteiger charge is -2.41. The van der Waals surface area contributed by atoms with Gasteiger partial charge in [-0.2, -0.15) is 0 Å². The summed E-state index contributed by atoms with van der Waals surface area (Å²) >= 11 is 0. The van der Waals surface area contributed by atoms with E-state index in [4.69, 9.17) is 14.2 Å². The van der Waals surface area contributed by atoms with Gasteiger partial charge in [-0.05, 0) is 89.9 Å². The second-order valence-corrected chi connectivity index (χ2v) is 19.7. The quantitative estimate of drug-likeness (QED) is 0.0196. The Hall–Kier alpha value is -2.64. The number of hydrogen-bond acceptors (Lipinski definition) is 10. The van der Waals surface area contributed by atoms with Crippen LogP contribution in [0.3, 0.4) is 0 Å². The molecular weight excluding hydrogens is 883 g/mol. The molecule has 8 atom stereocenters. The first-order valence-electron chi connectivity index (χ1n) is 28.6. The van der Waals surface area contributed by atoms with Crippen LogP contribution in [0.15, 0.2) is 60.8 Å². The molecule has 406 valence electrons. The van der Waals surface area contributed by atoms with Gasteiger partial charge >= 0.3 is 5.97 Å². The fraction of sp³-hybridized carbons (Fsp3) is 0.797. The lowest BCUT2D eigenvalue weighted by atomic mass is 9.99. The number of rotatable bonds is 47. The van der Waals surface area contributed by atoms with E-state index in [1.54, 1.807) is 6.08 Å². The van der Waals surface area contributed by atoms with Crippen LogP contribution in [0.1, 0.15) is 239 Å². The Morgan fingerprint density at radius 3 is 1.51 bits per heavy atom. The van der Waals surface area contributed by atoms with Gasteiger partial charge < -0.3 is 45.1 Å². The second kappa shape index (κ2) is 47.4. The van der Waals surface area contributed by atoms with Gasteiger partial charge in [0.1, 0.15) is 24.4 Å². The first-order chi connectivity index (χ1) is 34.2. The van der Waals surface area contributed by atoms with Gasteiger partial charge in [-0.15, -0.1) is 0 Å². The Morgan fingerprint density at radius 2 is 0.986 bits per heavy atom. The third-order valence-corrected chi connectivity index (χ3v) is 13.1. The van der Waals surface area contributed by atoms with Crippen LogP contribution in [-0.2, 0) is 23.8 Å². The minimum atomic E-state index is -1.62. The smallest absolute Gasteiger partial charge is 0.306 e. The van der Waals surface area contributed by atoms with Crippen molar-refractivity contribution in [2.75, 3.05) is 13.2 Å². The summed E-state index contributed by atoms with van der Waals surface area (Å²) < 4.78 is 17.5. The average Bonchev–Trinajstić information content (AvgIpc) is 3.36. The summed E-state index contributed by atoms with van der Waals surface area (Å²) in [5, 5.41) is 56.7. The number of nitrogens with one attached hydrogen (secondary N) is 1. The van der Waals surface area contributed by atoms with Crippen LogP contribution in [0.5, 0.6) is 0 Å². The first-order valence-corrected chi connectivity index (χ1v) is 28.6. The van der Waals surface area contributed by atoms with Crippen LogP contribution in [0.25, 0.3) is 0 Å². The highest BCUT2D eigenvalue weighted by Gasteiger charge is 2.47. The van der Waals surface area contributed by atoms with E-state index in [0.29, 0.717) is 12.8 Å². The van der Waals surface area contributed by atoms with Gasteiger partial charge in [-0.25, -0.2) is 0 Å². The Morgan fingerprint density at radius 1 is 0.557 bits per heavy atom. The normalized spacial score (nSPS) is 20.1. The summed E-state index contributed by atoms with van der Waals surface area (Å²) in [6.45, 7) is 5.71. The van der Waals surface area contributed by atoms with Gasteiger partial charge in [0.25, 0.3) is 0 Å². The molecule has 0 bridgehead atoms. The number of amides is 1. The van der Waals surface area contributed by atoms with Crippen LogP contribution >= 0.6 is 0 Å². The molecule has 1 amide bonds. The molecule has 0 aliphatic carbocycles.